The average Bonchev–Trinajstić information content (AvgIpc) is 3.39. The summed E-state index contributed by atoms with van der Waals surface area (Å²) in [5.74, 6) is 2.06. The molecule has 1 heterocycles. The molecule has 0 bridgehead atoms. The van der Waals surface area contributed by atoms with Crippen LogP contribution in [-0.2, 0) is 4.79 Å². The molecule has 23 heavy (non-hydrogen) atoms. The molecule has 1 aromatic rings. The molecule has 0 radical (unpaired) electrons. The van der Waals surface area contributed by atoms with Gasteiger partial charge in [0.05, 0.1) is 0 Å². The summed E-state index contributed by atoms with van der Waals surface area (Å²) in [4.78, 5) is 15.5. The maximum atomic E-state index is 12.3. The summed E-state index contributed by atoms with van der Waals surface area (Å²) in [7, 11) is 0. The third-order valence-electron chi connectivity index (χ3n) is 4.64. The van der Waals surface area contributed by atoms with E-state index in [1.165, 1.54) is 24.3 Å². The van der Waals surface area contributed by atoms with E-state index < -0.39 is 0 Å². The zero-order valence-electron chi connectivity index (χ0n) is 13.5. The molecule has 1 saturated carbocycles. The number of hydrogen-bond donors (Lipinski definition) is 1. The molecule has 0 atom stereocenters. The molecule has 1 N–H and O–H groups in total. The highest BCUT2D eigenvalue weighted by Crippen LogP contribution is 2.28. The SMILES string of the molecule is O=C(CCSc1ccc(Cl)cc1)N1CCC(NCC2CC2)CC1. The van der Waals surface area contributed by atoms with Crippen LogP contribution < -0.4 is 5.32 Å². The van der Waals surface area contributed by atoms with Crippen molar-refractivity contribution < 1.29 is 4.79 Å². The van der Waals surface area contributed by atoms with E-state index in [4.69, 9.17) is 11.6 Å². The summed E-state index contributed by atoms with van der Waals surface area (Å²) in [6.45, 7) is 3.00. The van der Waals surface area contributed by atoms with Gasteiger partial charge in [-0.3, -0.25) is 4.79 Å². The van der Waals surface area contributed by atoms with Crippen LogP contribution in [0, 0.1) is 5.92 Å². The molecular weight excluding hydrogens is 328 g/mol. The Morgan fingerprint density at radius 2 is 1.87 bits per heavy atom. The Kier molecular flexibility index (Phi) is 6.26. The first-order valence-corrected chi connectivity index (χ1v) is 9.96. The van der Waals surface area contributed by atoms with E-state index in [2.05, 4.69) is 5.32 Å². The van der Waals surface area contributed by atoms with Gasteiger partial charge in [-0.15, -0.1) is 11.8 Å². The zero-order chi connectivity index (χ0) is 16.1. The third-order valence-corrected chi connectivity index (χ3v) is 5.90. The fourth-order valence-electron chi connectivity index (χ4n) is 2.93. The van der Waals surface area contributed by atoms with Gasteiger partial charge in [-0.25, -0.2) is 0 Å². The van der Waals surface area contributed by atoms with Crippen LogP contribution in [0.25, 0.3) is 0 Å². The maximum absolute atomic E-state index is 12.3. The molecule has 3 rings (SSSR count). The Balaban J connectivity index is 1.31. The average molecular weight is 353 g/mol. The van der Waals surface area contributed by atoms with Gasteiger partial charge in [0.25, 0.3) is 0 Å². The number of rotatable bonds is 7. The molecule has 1 aromatic carbocycles. The van der Waals surface area contributed by atoms with Crippen molar-refractivity contribution in [1.29, 1.82) is 0 Å². The number of benzene rings is 1. The van der Waals surface area contributed by atoms with Crippen LogP contribution in [0.15, 0.2) is 29.2 Å². The minimum Gasteiger partial charge on any atom is -0.343 e. The van der Waals surface area contributed by atoms with Crippen LogP contribution in [0.5, 0.6) is 0 Å². The van der Waals surface area contributed by atoms with Crippen molar-refractivity contribution in [1.82, 2.24) is 10.2 Å². The van der Waals surface area contributed by atoms with E-state index in [1.54, 1.807) is 11.8 Å². The monoisotopic (exact) mass is 352 g/mol. The van der Waals surface area contributed by atoms with Gasteiger partial charge in [0.2, 0.25) is 5.91 Å². The largest absolute Gasteiger partial charge is 0.343 e. The van der Waals surface area contributed by atoms with Crippen LogP contribution in [0.4, 0.5) is 0 Å². The van der Waals surface area contributed by atoms with Crippen LogP contribution in [0.1, 0.15) is 32.1 Å². The fraction of sp³-hybridized carbons (Fsp3) is 0.611. The molecule has 5 heteroatoms. The number of piperidine rings is 1. The standard InChI is InChI=1S/C18H25ClN2OS/c19-15-3-5-17(6-4-15)23-12-9-18(22)21-10-7-16(8-11-21)20-13-14-1-2-14/h3-6,14,16,20H,1-2,7-13H2. The normalized spacial score (nSPS) is 19.1. The van der Waals surface area contributed by atoms with Gasteiger partial charge in [0, 0.05) is 41.2 Å². The van der Waals surface area contributed by atoms with Crippen molar-refractivity contribution in [2.75, 3.05) is 25.4 Å². The van der Waals surface area contributed by atoms with Crippen LogP contribution in [0.3, 0.4) is 0 Å². The smallest absolute Gasteiger partial charge is 0.223 e. The van der Waals surface area contributed by atoms with Gasteiger partial charge in [-0.2, -0.15) is 0 Å². The van der Waals surface area contributed by atoms with E-state index in [0.29, 0.717) is 18.4 Å². The highest BCUT2D eigenvalue weighted by molar-refractivity contribution is 7.99. The molecule has 1 saturated heterocycles. The lowest BCUT2D eigenvalue weighted by Crippen LogP contribution is -2.45. The Hall–Kier alpha value is -0.710. The molecule has 1 aliphatic carbocycles. The maximum Gasteiger partial charge on any atom is 0.223 e. The Morgan fingerprint density at radius 3 is 2.52 bits per heavy atom. The molecule has 2 aliphatic rings. The number of carbonyl (C=O) groups is 1. The number of amides is 1. The molecule has 0 aromatic heterocycles. The van der Waals surface area contributed by atoms with E-state index >= 15 is 0 Å². The Bertz CT molecular complexity index is 510. The second kappa shape index (κ2) is 8.41. The third kappa shape index (κ3) is 5.70. The van der Waals surface area contributed by atoms with Gasteiger partial charge >= 0.3 is 0 Å². The summed E-state index contributed by atoms with van der Waals surface area (Å²) in [5.41, 5.74) is 0. The van der Waals surface area contributed by atoms with Crippen molar-refractivity contribution in [3.8, 4) is 0 Å². The summed E-state index contributed by atoms with van der Waals surface area (Å²) < 4.78 is 0. The van der Waals surface area contributed by atoms with E-state index in [9.17, 15) is 4.79 Å². The topological polar surface area (TPSA) is 32.3 Å². The van der Waals surface area contributed by atoms with E-state index in [1.807, 2.05) is 29.2 Å². The molecule has 126 valence electrons. The number of carbonyl (C=O) groups excluding carboxylic acids is 1. The van der Waals surface area contributed by atoms with E-state index in [-0.39, 0.29) is 0 Å². The van der Waals surface area contributed by atoms with Crippen LogP contribution in [-0.4, -0.2) is 42.2 Å². The number of hydrogen-bond acceptors (Lipinski definition) is 3. The van der Waals surface area contributed by atoms with Gasteiger partial charge in [0.1, 0.15) is 0 Å². The predicted octanol–water partition coefficient (Wildman–Crippen LogP) is 3.81. The molecule has 1 aliphatic heterocycles. The van der Waals surface area contributed by atoms with Crippen molar-refractivity contribution in [2.24, 2.45) is 5.92 Å². The number of likely N-dealkylation sites (tertiary alicyclic amines) is 1. The highest BCUT2D eigenvalue weighted by atomic mass is 35.5. The minimum absolute atomic E-state index is 0.298. The predicted molar refractivity (Wildman–Crippen MR) is 97.1 cm³/mol. The lowest BCUT2D eigenvalue weighted by molar-refractivity contribution is -0.131. The molecule has 1 amide bonds. The second-order valence-corrected chi connectivity index (χ2v) is 8.16. The lowest BCUT2D eigenvalue weighted by Gasteiger charge is -2.32. The van der Waals surface area contributed by atoms with Gasteiger partial charge < -0.3 is 10.2 Å². The number of nitrogens with zero attached hydrogens (tertiary/aromatic N) is 1. The Morgan fingerprint density at radius 1 is 1.17 bits per heavy atom. The fourth-order valence-corrected chi connectivity index (χ4v) is 3.90. The summed E-state index contributed by atoms with van der Waals surface area (Å²) >= 11 is 7.60. The molecular formula is C18H25ClN2OS. The van der Waals surface area contributed by atoms with Gasteiger partial charge in [-0.05, 0) is 62.4 Å². The van der Waals surface area contributed by atoms with E-state index in [0.717, 1.165) is 42.6 Å². The lowest BCUT2D eigenvalue weighted by atomic mass is 10.0. The highest BCUT2D eigenvalue weighted by Gasteiger charge is 2.25. The number of nitrogens with one attached hydrogen (secondary N) is 1. The molecule has 0 unspecified atom stereocenters. The van der Waals surface area contributed by atoms with Gasteiger partial charge in [-0.1, -0.05) is 11.6 Å². The summed E-state index contributed by atoms with van der Waals surface area (Å²) in [6.07, 6.45) is 5.62. The molecule has 0 spiro atoms. The zero-order valence-corrected chi connectivity index (χ0v) is 15.0. The van der Waals surface area contributed by atoms with Crippen molar-refractivity contribution in [3.05, 3.63) is 29.3 Å². The summed E-state index contributed by atoms with van der Waals surface area (Å²) in [6, 6.07) is 8.42. The van der Waals surface area contributed by atoms with Gasteiger partial charge in [0.15, 0.2) is 0 Å². The van der Waals surface area contributed by atoms with Crippen molar-refractivity contribution >= 4 is 29.3 Å². The van der Waals surface area contributed by atoms with Crippen LogP contribution in [0.2, 0.25) is 5.02 Å². The number of thioether (sulfide) groups is 1. The molecule has 3 nitrogen and oxygen atoms in total. The first-order chi connectivity index (χ1) is 11.2. The van der Waals surface area contributed by atoms with Crippen molar-refractivity contribution in [2.45, 2.75) is 43.0 Å². The number of halogens is 1. The second-order valence-electron chi connectivity index (χ2n) is 6.56. The quantitative estimate of drug-likeness (QED) is 0.757. The molecule has 2 fully saturated rings. The minimum atomic E-state index is 0.298. The Labute approximate surface area is 148 Å². The summed E-state index contributed by atoms with van der Waals surface area (Å²) in [5, 5.41) is 4.41. The first-order valence-electron chi connectivity index (χ1n) is 8.60. The van der Waals surface area contributed by atoms with Crippen molar-refractivity contribution in [3.63, 3.8) is 0 Å². The van der Waals surface area contributed by atoms with Crippen LogP contribution >= 0.6 is 23.4 Å². The first kappa shape index (κ1) is 17.1.